The van der Waals surface area contributed by atoms with Crippen molar-refractivity contribution >= 4 is 34.1 Å². The molecule has 2 aliphatic rings. The topological polar surface area (TPSA) is 74.4 Å². The monoisotopic (exact) mass is 995 g/mol. The second-order valence-corrected chi connectivity index (χ2v) is 22.2. The highest BCUT2D eigenvalue weighted by molar-refractivity contribution is 5.74. The fourth-order valence-electron chi connectivity index (χ4n) is 11.2. The van der Waals surface area contributed by atoms with E-state index >= 15 is 0 Å². The van der Waals surface area contributed by atoms with Crippen molar-refractivity contribution in [3.8, 4) is 11.5 Å². The molecule has 0 aliphatic carbocycles. The van der Waals surface area contributed by atoms with Gasteiger partial charge in [-0.2, -0.15) is 20.5 Å². The second-order valence-electron chi connectivity index (χ2n) is 22.2. The van der Waals surface area contributed by atoms with Crippen molar-refractivity contribution in [2.24, 2.45) is 20.5 Å². The van der Waals surface area contributed by atoms with Crippen LogP contribution in [0.5, 0.6) is 11.5 Å². The zero-order valence-corrected chi connectivity index (χ0v) is 47.5. The van der Waals surface area contributed by atoms with Crippen molar-refractivity contribution in [2.45, 2.75) is 248 Å². The van der Waals surface area contributed by atoms with Gasteiger partial charge in [0.2, 0.25) is 0 Å². The predicted octanol–water partition coefficient (Wildman–Crippen LogP) is 21.4. The highest BCUT2D eigenvalue weighted by Gasteiger charge is 2.31. The Labute approximate surface area is 444 Å². The van der Waals surface area contributed by atoms with E-state index < -0.39 is 0 Å². The van der Waals surface area contributed by atoms with Crippen LogP contribution in [0.2, 0.25) is 0 Å². The first-order chi connectivity index (χ1) is 35.6. The van der Waals surface area contributed by atoms with E-state index in [0.29, 0.717) is 0 Å². The van der Waals surface area contributed by atoms with E-state index in [4.69, 9.17) is 29.9 Å². The fraction of sp³-hybridized carbons (Fsp3) is 0.631. The van der Waals surface area contributed by atoms with Crippen molar-refractivity contribution in [3.05, 3.63) is 93.0 Å². The van der Waals surface area contributed by atoms with Crippen LogP contribution in [-0.4, -0.2) is 19.9 Å². The highest BCUT2D eigenvalue weighted by Crippen LogP contribution is 2.43. The minimum Gasteiger partial charge on any atom is -0.493 e. The predicted molar refractivity (Wildman–Crippen MR) is 311 cm³/mol. The minimum atomic E-state index is 0.768. The van der Waals surface area contributed by atoms with Crippen LogP contribution < -0.4 is 19.3 Å². The maximum absolute atomic E-state index is 6.33. The van der Waals surface area contributed by atoms with Crippen LogP contribution in [0.1, 0.15) is 238 Å². The molecule has 0 saturated heterocycles. The Morgan fingerprint density at radius 2 is 0.630 bits per heavy atom. The van der Waals surface area contributed by atoms with Crippen molar-refractivity contribution in [2.75, 3.05) is 29.7 Å². The number of ether oxygens (including phenoxy) is 2. The molecule has 6 rings (SSSR count). The molecule has 0 amide bonds. The fourth-order valence-corrected chi connectivity index (χ4v) is 11.2. The number of aryl methyl sites for hydroxylation is 6. The minimum absolute atomic E-state index is 0.768. The standard InChI is InChI=1S/C65H98N6O2/c1-9-11-13-15-17-19-21-23-25-27-29-31-33-35-37-72-64-52(5)41-58(42-53(64)6)66-68-60-45-62-56(39-50(60)3)47-71-49-70(62)48-57-40-51(4)61(46-63(57)71)69-67-59-43-54(7)65(55(8)44-59)73-38-36-34-32-30-28-26-24-22-20-18-16-14-12-10-2/h39-46H,9-38,47-49H2,1-8H3. The van der Waals surface area contributed by atoms with Crippen molar-refractivity contribution in [1.82, 2.24) is 0 Å². The van der Waals surface area contributed by atoms with E-state index in [1.54, 1.807) is 0 Å². The van der Waals surface area contributed by atoms with Gasteiger partial charge < -0.3 is 19.3 Å². The lowest BCUT2D eigenvalue weighted by Gasteiger charge is -2.45. The molecule has 2 aliphatic heterocycles. The Morgan fingerprint density at radius 1 is 0.342 bits per heavy atom. The summed E-state index contributed by atoms with van der Waals surface area (Å²) in [6, 6.07) is 17.5. The molecule has 0 fully saturated rings. The first-order valence-corrected chi connectivity index (χ1v) is 29.7. The Bertz CT molecular complexity index is 2130. The van der Waals surface area contributed by atoms with Gasteiger partial charge in [0.05, 0.1) is 42.6 Å². The van der Waals surface area contributed by atoms with E-state index in [2.05, 4.69) is 114 Å². The van der Waals surface area contributed by atoms with Gasteiger partial charge in [0.15, 0.2) is 0 Å². The summed E-state index contributed by atoms with van der Waals surface area (Å²) in [5, 5.41) is 19.2. The zero-order chi connectivity index (χ0) is 51.6. The Balaban J connectivity index is 0.927. The van der Waals surface area contributed by atoms with Gasteiger partial charge in [-0.3, -0.25) is 0 Å². The Hall–Kier alpha value is -4.72. The maximum atomic E-state index is 6.33. The van der Waals surface area contributed by atoms with Gasteiger partial charge in [-0.15, -0.1) is 0 Å². The summed E-state index contributed by atoms with van der Waals surface area (Å²) in [5.74, 6) is 1.98. The van der Waals surface area contributed by atoms with Gasteiger partial charge in [-0.1, -0.05) is 193 Å². The van der Waals surface area contributed by atoms with Crippen molar-refractivity contribution in [1.29, 1.82) is 0 Å². The Morgan fingerprint density at radius 3 is 0.932 bits per heavy atom. The molecule has 0 atom stereocenters. The summed E-state index contributed by atoms with van der Waals surface area (Å²) >= 11 is 0. The zero-order valence-electron chi connectivity index (χ0n) is 47.5. The molecule has 400 valence electrons. The molecule has 0 unspecified atom stereocenters. The molecule has 4 aromatic rings. The lowest BCUT2D eigenvalue weighted by molar-refractivity contribution is 0.300. The third-order valence-electron chi connectivity index (χ3n) is 15.5. The van der Waals surface area contributed by atoms with Crippen LogP contribution >= 0.6 is 0 Å². The molecule has 73 heavy (non-hydrogen) atoms. The number of azo groups is 2. The molecule has 0 radical (unpaired) electrons. The van der Waals surface area contributed by atoms with Crippen LogP contribution in [0, 0.1) is 41.5 Å². The summed E-state index contributed by atoms with van der Waals surface area (Å²) < 4.78 is 12.7. The van der Waals surface area contributed by atoms with Gasteiger partial charge in [0, 0.05) is 24.5 Å². The average molecular weight is 996 g/mol. The molecule has 8 nitrogen and oxygen atoms in total. The summed E-state index contributed by atoms with van der Waals surface area (Å²) in [6.07, 6.45) is 38.2. The van der Waals surface area contributed by atoms with Crippen LogP contribution in [-0.2, 0) is 13.1 Å². The molecule has 4 aromatic carbocycles. The molecule has 0 saturated carbocycles. The second kappa shape index (κ2) is 31.9. The summed E-state index contributed by atoms with van der Waals surface area (Å²) in [5.41, 5.74) is 15.3. The SMILES string of the molecule is CCCCCCCCCCCCCCCCOc1c(C)cc(N=Nc2cc3c(cc2C)CN2CN3Cc3cc(C)c(N=Nc4cc(C)c(OCCCCCCCCCCCCCCCC)c(C)c4)cc32)cc1C. The third kappa shape index (κ3) is 18.9. The number of rotatable bonds is 36. The van der Waals surface area contributed by atoms with Crippen molar-refractivity contribution in [3.63, 3.8) is 0 Å². The number of unbranched alkanes of at least 4 members (excludes halogenated alkanes) is 26. The molecule has 8 heteroatoms. The van der Waals surface area contributed by atoms with E-state index in [1.807, 2.05) is 0 Å². The van der Waals surface area contributed by atoms with Crippen LogP contribution in [0.25, 0.3) is 0 Å². The first-order valence-electron chi connectivity index (χ1n) is 29.7. The van der Waals surface area contributed by atoms with Gasteiger partial charge in [0.25, 0.3) is 0 Å². The van der Waals surface area contributed by atoms with Gasteiger partial charge >= 0.3 is 0 Å². The Kier molecular flexibility index (Phi) is 25.1. The van der Waals surface area contributed by atoms with E-state index in [0.717, 1.165) is 113 Å². The lowest BCUT2D eigenvalue weighted by atomic mass is 9.98. The number of nitrogens with zero attached hydrogens (tertiary/aromatic N) is 6. The maximum Gasteiger partial charge on any atom is 0.125 e. The largest absolute Gasteiger partial charge is 0.493 e. The van der Waals surface area contributed by atoms with Crippen molar-refractivity contribution < 1.29 is 9.47 Å². The average Bonchev–Trinajstić information content (AvgIpc) is 3.36. The van der Waals surface area contributed by atoms with E-state index in [9.17, 15) is 0 Å². The number of hydrogen-bond donors (Lipinski definition) is 0. The third-order valence-corrected chi connectivity index (χ3v) is 15.5. The summed E-state index contributed by atoms with van der Waals surface area (Å²) in [6.45, 7) is 21.4. The van der Waals surface area contributed by atoms with E-state index in [1.165, 1.54) is 189 Å². The molecule has 2 bridgehead atoms. The van der Waals surface area contributed by atoms with Crippen LogP contribution in [0.3, 0.4) is 0 Å². The molecule has 0 spiro atoms. The van der Waals surface area contributed by atoms with E-state index in [-0.39, 0.29) is 0 Å². The number of fused-ring (bicyclic) bond motifs is 6. The number of anilines is 2. The smallest absolute Gasteiger partial charge is 0.125 e. The molecule has 2 heterocycles. The lowest BCUT2D eigenvalue weighted by Crippen LogP contribution is -2.46. The van der Waals surface area contributed by atoms with Gasteiger partial charge in [-0.05, 0) is 135 Å². The molecular weight excluding hydrogens is 897 g/mol. The highest BCUT2D eigenvalue weighted by atomic mass is 16.5. The number of benzene rings is 4. The summed E-state index contributed by atoms with van der Waals surface area (Å²) in [4.78, 5) is 4.93. The molecule has 0 aromatic heterocycles. The summed E-state index contributed by atoms with van der Waals surface area (Å²) in [7, 11) is 0. The van der Waals surface area contributed by atoms with Crippen LogP contribution in [0.15, 0.2) is 69.0 Å². The molecular formula is C65H98N6O2. The normalized spacial score (nSPS) is 13.2. The van der Waals surface area contributed by atoms with Gasteiger partial charge in [0.1, 0.15) is 11.5 Å². The quantitative estimate of drug-likeness (QED) is 0.0336. The van der Waals surface area contributed by atoms with Gasteiger partial charge in [-0.25, -0.2) is 0 Å². The molecule has 0 N–H and O–H groups in total. The van der Waals surface area contributed by atoms with Crippen LogP contribution in [0.4, 0.5) is 34.1 Å². The first kappa shape index (κ1) is 57.6. The number of hydrogen-bond acceptors (Lipinski definition) is 8.